The van der Waals surface area contributed by atoms with E-state index in [1.54, 1.807) is 26.4 Å². The second-order valence-corrected chi connectivity index (χ2v) is 12.5. The number of hydrogen-bond donors (Lipinski definition) is 2. The number of nitrogens with zero attached hydrogens (tertiary/aromatic N) is 1. The molecule has 2 bridgehead atoms. The van der Waals surface area contributed by atoms with E-state index in [-0.39, 0.29) is 11.9 Å². The maximum Gasteiger partial charge on any atom is 0.328 e. The number of hydrogen-bond acceptors (Lipinski definition) is 9. The zero-order valence-electron chi connectivity index (χ0n) is 23.3. The normalized spacial score (nSPS) is 23.4. The molecule has 2 aromatic rings. The minimum atomic E-state index is -1.24. The van der Waals surface area contributed by atoms with E-state index in [9.17, 15) is 19.5 Å². The number of thioether (sulfide) groups is 1. The fraction of sp³-hybridized carbons (Fsp3) is 0.467. The van der Waals surface area contributed by atoms with Gasteiger partial charge in [-0.2, -0.15) is 0 Å². The quantitative estimate of drug-likeness (QED) is 0.151. The number of ketones is 1. The van der Waals surface area contributed by atoms with Crippen molar-refractivity contribution in [1.29, 1.82) is 0 Å². The lowest BCUT2D eigenvalue weighted by atomic mass is 9.94. The van der Waals surface area contributed by atoms with Gasteiger partial charge in [0, 0.05) is 18.2 Å². The fourth-order valence-corrected chi connectivity index (χ4v) is 7.58. The van der Waals surface area contributed by atoms with E-state index in [1.165, 1.54) is 31.5 Å². The summed E-state index contributed by atoms with van der Waals surface area (Å²) in [6, 6.07) is 6.28. The number of carboxylic acid groups (broad SMARTS) is 1. The van der Waals surface area contributed by atoms with Gasteiger partial charge in [0.25, 0.3) is 5.91 Å². The average Bonchev–Trinajstić information content (AvgIpc) is 3.72. The zero-order chi connectivity index (χ0) is 29.3. The first-order valence-corrected chi connectivity index (χ1v) is 15.0. The van der Waals surface area contributed by atoms with Crippen LogP contribution in [0.5, 0.6) is 11.5 Å². The highest BCUT2D eigenvalue weighted by Crippen LogP contribution is 2.49. The number of aryl methyl sites for hydroxylation is 1. The molecule has 2 saturated carbocycles. The Kier molecular flexibility index (Phi) is 8.86. The predicted octanol–water partition coefficient (Wildman–Crippen LogP) is 4.92. The summed E-state index contributed by atoms with van der Waals surface area (Å²) >= 11 is 6.98. The van der Waals surface area contributed by atoms with Gasteiger partial charge < -0.3 is 19.0 Å². The molecule has 1 amide bonds. The molecule has 5 rings (SSSR count). The zero-order valence-corrected chi connectivity index (χ0v) is 24.9. The van der Waals surface area contributed by atoms with Gasteiger partial charge >= 0.3 is 5.97 Å². The molecule has 4 unspecified atom stereocenters. The van der Waals surface area contributed by atoms with Crippen molar-refractivity contribution in [2.75, 3.05) is 20.8 Å². The largest absolute Gasteiger partial charge is 0.497 e. The van der Waals surface area contributed by atoms with Crippen LogP contribution >= 0.6 is 24.0 Å². The molecule has 1 aromatic carbocycles. The topological polar surface area (TPSA) is 118 Å². The summed E-state index contributed by atoms with van der Waals surface area (Å²) in [5.41, 5.74) is 1.57. The first-order chi connectivity index (χ1) is 19.7. The Labute approximate surface area is 248 Å². The smallest absolute Gasteiger partial charge is 0.328 e. The molecule has 2 aliphatic carbocycles. The van der Waals surface area contributed by atoms with Crippen LogP contribution in [-0.2, 0) is 20.8 Å². The van der Waals surface area contributed by atoms with E-state index >= 15 is 0 Å². The number of furan rings is 1. The van der Waals surface area contributed by atoms with Gasteiger partial charge in [-0.1, -0.05) is 30.4 Å². The molecule has 3 aliphatic rings. The molecule has 0 spiro atoms. The molecule has 4 atom stereocenters. The maximum absolute atomic E-state index is 13.6. The third-order valence-corrected chi connectivity index (χ3v) is 9.59. The van der Waals surface area contributed by atoms with Crippen molar-refractivity contribution in [1.82, 2.24) is 10.2 Å². The lowest BCUT2D eigenvalue weighted by Gasteiger charge is -2.30. The second kappa shape index (κ2) is 12.4. The van der Waals surface area contributed by atoms with E-state index in [0.29, 0.717) is 63.5 Å². The summed E-state index contributed by atoms with van der Waals surface area (Å²) in [7, 11) is 3.16. The van der Waals surface area contributed by atoms with Crippen LogP contribution in [0.25, 0.3) is 17.4 Å². The molecule has 218 valence electrons. The maximum atomic E-state index is 13.6. The van der Waals surface area contributed by atoms with Crippen molar-refractivity contribution in [2.24, 2.45) is 11.8 Å². The Morgan fingerprint density at radius 3 is 2.68 bits per heavy atom. The minimum Gasteiger partial charge on any atom is -0.497 e. The van der Waals surface area contributed by atoms with Crippen LogP contribution in [0.3, 0.4) is 0 Å². The van der Waals surface area contributed by atoms with E-state index in [0.717, 1.165) is 24.0 Å². The summed E-state index contributed by atoms with van der Waals surface area (Å²) in [5, 5.41) is 12.1. The van der Waals surface area contributed by atoms with Crippen LogP contribution in [0.4, 0.5) is 0 Å². The van der Waals surface area contributed by atoms with Gasteiger partial charge in [0.05, 0.1) is 24.7 Å². The molecule has 3 fully saturated rings. The lowest BCUT2D eigenvalue weighted by molar-refractivity contribution is -0.142. The van der Waals surface area contributed by atoms with Gasteiger partial charge in [-0.25, -0.2) is 0 Å². The first-order valence-electron chi connectivity index (χ1n) is 13.8. The van der Waals surface area contributed by atoms with Crippen LogP contribution in [0.15, 0.2) is 33.6 Å². The average molecular weight is 599 g/mol. The predicted molar refractivity (Wildman–Crippen MR) is 160 cm³/mol. The van der Waals surface area contributed by atoms with Crippen LogP contribution in [0, 0.1) is 11.8 Å². The SMILES string of the molecule is COc1ccc(-c2cc(CCCNC(C(C)=O)C(=O)O)c(/C=C3\SC(=S)N(C4CC5CCC4C5)C3=O)o2)c(OC)c1. The van der Waals surface area contributed by atoms with Crippen molar-refractivity contribution < 1.29 is 33.4 Å². The Bertz CT molecular complexity index is 1390. The summed E-state index contributed by atoms with van der Waals surface area (Å²) < 4.78 is 17.8. The monoisotopic (exact) mass is 598 g/mol. The van der Waals surface area contributed by atoms with E-state index in [2.05, 4.69) is 5.32 Å². The molecular formula is C30H34N2O7S2. The molecule has 2 heterocycles. The minimum absolute atomic E-state index is 0.0732. The number of carbonyl (C=O) groups excluding carboxylic acids is 2. The number of amides is 1. The summed E-state index contributed by atoms with van der Waals surface area (Å²) in [6.45, 7) is 1.57. The van der Waals surface area contributed by atoms with Crippen molar-refractivity contribution >= 4 is 52.0 Å². The molecule has 41 heavy (non-hydrogen) atoms. The standard InChI is InChI=1S/C30H34N2O7S2/c1-16(33)27(29(35)36)31-10-4-5-19-13-25(21-9-8-20(37-2)14-24(21)38-3)39-23(19)15-26-28(34)32(30(40)41-26)22-12-17-6-7-18(22)11-17/h8-9,13-15,17-18,22,27,31H,4-7,10-12H2,1-3H3,(H,35,36)/b26-15-. The number of carbonyl (C=O) groups is 3. The number of methoxy groups -OCH3 is 2. The fourth-order valence-electron chi connectivity index (χ4n) is 6.24. The van der Waals surface area contributed by atoms with Crippen molar-refractivity contribution in [2.45, 2.75) is 57.5 Å². The Morgan fingerprint density at radius 1 is 1.24 bits per heavy atom. The molecular weight excluding hydrogens is 564 g/mol. The lowest BCUT2D eigenvalue weighted by Crippen LogP contribution is -2.42. The van der Waals surface area contributed by atoms with Gasteiger partial charge in [-0.05, 0) is 81.2 Å². The van der Waals surface area contributed by atoms with Crippen molar-refractivity contribution in [3.63, 3.8) is 0 Å². The molecule has 1 saturated heterocycles. The van der Waals surface area contributed by atoms with Crippen LogP contribution in [0.2, 0.25) is 0 Å². The van der Waals surface area contributed by atoms with Crippen molar-refractivity contribution in [3.8, 4) is 22.8 Å². The summed E-state index contributed by atoms with van der Waals surface area (Å²) in [4.78, 5) is 38.9. The molecule has 2 N–H and O–H groups in total. The highest BCUT2D eigenvalue weighted by Gasteiger charge is 2.48. The van der Waals surface area contributed by atoms with Gasteiger partial charge in [0.15, 0.2) is 11.8 Å². The number of thiocarbonyl (C=S) groups is 1. The number of fused-ring (bicyclic) bond motifs is 2. The van der Waals surface area contributed by atoms with E-state index < -0.39 is 17.8 Å². The number of nitrogens with one attached hydrogen (secondary N) is 1. The second-order valence-electron chi connectivity index (χ2n) is 10.8. The van der Waals surface area contributed by atoms with E-state index in [1.807, 2.05) is 23.1 Å². The van der Waals surface area contributed by atoms with Gasteiger partial charge in [0.1, 0.15) is 27.3 Å². The first kappa shape index (κ1) is 29.3. The van der Waals surface area contributed by atoms with E-state index in [4.69, 9.17) is 26.1 Å². The Morgan fingerprint density at radius 2 is 2.05 bits per heavy atom. The number of aliphatic carboxylic acids is 1. The van der Waals surface area contributed by atoms with Crippen LogP contribution in [0.1, 0.15) is 50.4 Å². The van der Waals surface area contributed by atoms with Gasteiger partial charge in [-0.3, -0.25) is 24.6 Å². The third-order valence-electron chi connectivity index (χ3n) is 8.26. The molecule has 1 aromatic heterocycles. The third kappa shape index (κ3) is 6.07. The van der Waals surface area contributed by atoms with Crippen molar-refractivity contribution in [3.05, 3.63) is 40.5 Å². The number of Topliss-reactive ketones (excluding diaryl/α,β-unsaturated/α-hetero) is 1. The number of rotatable bonds is 12. The number of benzene rings is 1. The summed E-state index contributed by atoms with van der Waals surface area (Å²) in [5.74, 6) is 1.80. The highest BCUT2D eigenvalue weighted by molar-refractivity contribution is 8.26. The molecule has 1 aliphatic heterocycles. The summed E-state index contributed by atoms with van der Waals surface area (Å²) in [6.07, 6.45) is 7.43. The molecule has 9 nitrogen and oxygen atoms in total. The van der Waals surface area contributed by atoms with Gasteiger partial charge in [-0.15, -0.1) is 0 Å². The Balaban J connectivity index is 1.41. The number of carboxylic acids is 1. The van der Waals surface area contributed by atoms with Crippen LogP contribution in [-0.4, -0.2) is 64.8 Å². The van der Waals surface area contributed by atoms with Gasteiger partial charge in [0.2, 0.25) is 0 Å². The number of ether oxygens (including phenoxy) is 2. The highest BCUT2D eigenvalue weighted by atomic mass is 32.2. The molecule has 11 heteroatoms. The van der Waals surface area contributed by atoms with Crippen LogP contribution < -0.4 is 14.8 Å². The Hall–Kier alpha value is -3.15. The molecule has 0 radical (unpaired) electrons.